The van der Waals surface area contributed by atoms with Crippen molar-refractivity contribution in [3.8, 4) is 11.6 Å². The Balaban J connectivity index is 2.11. The molecule has 5 heteroatoms. The van der Waals surface area contributed by atoms with Crippen molar-refractivity contribution in [3.63, 3.8) is 0 Å². The maximum Gasteiger partial charge on any atom is 0.238 e. The molecule has 0 fully saturated rings. The van der Waals surface area contributed by atoms with Gasteiger partial charge in [0.2, 0.25) is 5.88 Å². The standard InChI is InChI=1S/C16H18ClFN2O/c1-10(2)19-8-12-6-14(17)16(20-9-12)21-13-5-4-11(3)15(18)7-13/h4-7,9-10,19H,8H2,1-3H3. The average molecular weight is 309 g/mol. The SMILES string of the molecule is Cc1ccc(Oc2ncc(CNC(C)C)cc2Cl)cc1F. The summed E-state index contributed by atoms with van der Waals surface area (Å²) in [7, 11) is 0. The van der Waals surface area contributed by atoms with E-state index >= 15 is 0 Å². The molecule has 1 aromatic heterocycles. The largest absolute Gasteiger partial charge is 0.437 e. The van der Waals surface area contributed by atoms with Crippen molar-refractivity contribution in [1.82, 2.24) is 10.3 Å². The zero-order valence-corrected chi connectivity index (χ0v) is 13.0. The fourth-order valence-electron chi connectivity index (χ4n) is 1.71. The Morgan fingerprint density at radius 1 is 1.33 bits per heavy atom. The summed E-state index contributed by atoms with van der Waals surface area (Å²) >= 11 is 6.16. The van der Waals surface area contributed by atoms with Crippen LogP contribution in [0.25, 0.3) is 0 Å². The van der Waals surface area contributed by atoms with Crippen LogP contribution in [-0.2, 0) is 6.54 Å². The van der Waals surface area contributed by atoms with Gasteiger partial charge in [0.05, 0.1) is 0 Å². The monoisotopic (exact) mass is 308 g/mol. The molecule has 21 heavy (non-hydrogen) atoms. The molecular formula is C16H18ClFN2O. The Labute approximate surface area is 129 Å². The molecule has 0 saturated heterocycles. The lowest BCUT2D eigenvalue weighted by molar-refractivity contribution is 0.457. The molecule has 0 radical (unpaired) electrons. The second-order valence-electron chi connectivity index (χ2n) is 5.18. The molecule has 0 saturated carbocycles. The number of halogens is 2. The Hall–Kier alpha value is -1.65. The molecule has 0 bridgehead atoms. The van der Waals surface area contributed by atoms with E-state index in [-0.39, 0.29) is 11.7 Å². The minimum Gasteiger partial charge on any atom is -0.437 e. The van der Waals surface area contributed by atoms with Crippen molar-refractivity contribution < 1.29 is 9.13 Å². The summed E-state index contributed by atoms with van der Waals surface area (Å²) in [5.74, 6) is 0.329. The molecule has 2 rings (SSSR count). The van der Waals surface area contributed by atoms with Crippen molar-refractivity contribution in [2.45, 2.75) is 33.4 Å². The minimum absolute atomic E-state index is 0.271. The molecular weight excluding hydrogens is 291 g/mol. The van der Waals surface area contributed by atoms with E-state index < -0.39 is 0 Å². The molecule has 2 aromatic rings. The third-order valence-corrected chi connectivity index (χ3v) is 3.21. The summed E-state index contributed by atoms with van der Waals surface area (Å²) in [5.41, 5.74) is 1.53. The number of hydrogen-bond donors (Lipinski definition) is 1. The van der Waals surface area contributed by atoms with E-state index in [2.05, 4.69) is 24.1 Å². The predicted octanol–water partition coefficient (Wildman–Crippen LogP) is 4.47. The Morgan fingerprint density at radius 3 is 2.71 bits per heavy atom. The van der Waals surface area contributed by atoms with Gasteiger partial charge in [-0.3, -0.25) is 0 Å². The van der Waals surface area contributed by atoms with Crippen molar-refractivity contribution >= 4 is 11.6 Å². The zero-order valence-electron chi connectivity index (χ0n) is 12.3. The van der Waals surface area contributed by atoms with Crippen LogP contribution in [0, 0.1) is 12.7 Å². The topological polar surface area (TPSA) is 34.1 Å². The quantitative estimate of drug-likeness (QED) is 0.884. The third-order valence-electron chi connectivity index (χ3n) is 2.94. The maximum atomic E-state index is 13.5. The summed E-state index contributed by atoms with van der Waals surface area (Å²) in [6.45, 7) is 6.52. The van der Waals surface area contributed by atoms with E-state index in [1.54, 1.807) is 31.3 Å². The summed E-state index contributed by atoms with van der Waals surface area (Å²) < 4.78 is 19.0. The van der Waals surface area contributed by atoms with E-state index in [0.29, 0.717) is 28.9 Å². The van der Waals surface area contributed by atoms with E-state index in [9.17, 15) is 4.39 Å². The Morgan fingerprint density at radius 2 is 2.10 bits per heavy atom. The number of benzene rings is 1. The normalized spacial score (nSPS) is 11.0. The second-order valence-corrected chi connectivity index (χ2v) is 5.59. The van der Waals surface area contributed by atoms with Crippen LogP contribution in [0.5, 0.6) is 11.6 Å². The van der Waals surface area contributed by atoms with Crippen molar-refractivity contribution in [1.29, 1.82) is 0 Å². The van der Waals surface area contributed by atoms with E-state index in [0.717, 1.165) is 5.56 Å². The molecule has 1 N–H and O–H groups in total. The second kappa shape index (κ2) is 6.87. The molecule has 112 valence electrons. The van der Waals surface area contributed by atoms with Gasteiger partial charge in [-0.1, -0.05) is 31.5 Å². The van der Waals surface area contributed by atoms with Gasteiger partial charge in [-0.2, -0.15) is 0 Å². The van der Waals surface area contributed by atoms with Gasteiger partial charge in [0.25, 0.3) is 0 Å². The smallest absolute Gasteiger partial charge is 0.238 e. The number of hydrogen-bond acceptors (Lipinski definition) is 3. The molecule has 0 unspecified atom stereocenters. The van der Waals surface area contributed by atoms with Crippen LogP contribution < -0.4 is 10.1 Å². The summed E-state index contributed by atoms with van der Waals surface area (Å²) in [5, 5.41) is 3.68. The number of rotatable bonds is 5. The number of ether oxygens (including phenoxy) is 1. The molecule has 1 heterocycles. The van der Waals surface area contributed by atoms with Gasteiger partial charge in [0.15, 0.2) is 0 Å². The van der Waals surface area contributed by atoms with Crippen molar-refractivity contribution in [2.24, 2.45) is 0 Å². The highest BCUT2D eigenvalue weighted by atomic mass is 35.5. The maximum absolute atomic E-state index is 13.5. The highest BCUT2D eigenvalue weighted by Crippen LogP contribution is 2.28. The summed E-state index contributed by atoms with van der Waals surface area (Å²) in [6, 6.07) is 6.84. The van der Waals surface area contributed by atoms with E-state index in [1.807, 2.05) is 0 Å². The van der Waals surface area contributed by atoms with Gasteiger partial charge >= 0.3 is 0 Å². The fraction of sp³-hybridized carbons (Fsp3) is 0.312. The first kappa shape index (κ1) is 15.7. The first-order valence-electron chi connectivity index (χ1n) is 6.77. The lowest BCUT2D eigenvalue weighted by Crippen LogP contribution is -2.21. The summed E-state index contributed by atoms with van der Waals surface area (Å²) in [6.07, 6.45) is 1.70. The molecule has 0 aliphatic rings. The highest BCUT2D eigenvalue weighted by Gasteiger charge is 2.08. The van der Waals surface area contributed by atoms with Crippen LogP contribution in [0.15, 0.2) is 30.5 Å². The molecule has 1 aromatic carbocycles. The van der Waals surface area contributed by atoms with Crippen LogP contribution in [0.1, 0.15) is 25.0 Å². The van der Waals surface area contributed by atoms with E-state index in [1.165, 1.54) is 6.07 Å². The number of nitrogens with zero attached hydrogens (tertiary/aromatic N) is 1. The van der Waals surface area contributed by atoms with Gasteiger partial charge in [-0.25, -0.2) is 9.37 Å². The number of aryl methyl sites for hydroxylation is 1. The molecule has 0 atom stereocenters. The number of aromatic nitrogens is 1. The molecule has 0 aliphatic heterocycles. The van der Waals surface area contributed by atoms with Crippen LogP contribution in [0.2, 0.25) is 5.02 Å². The van der Waals surface area contributed by atoms with Crippen molar-refractivity contribution in [3.05, 3.63) is 52.4 Å². The zero-order chi connectivity index (χ0) is 15.4. The van der Waals surface area contributed by atoms with E-state index in [4.69, 9.17) is 16.3 Å². The molecule has 3 nitrogen and oxygen atoms in total. The lowest BCUT2D eigenvalue weighted by Gasteiger charge is -2.10. The van der Waals surface area contributed by atoms with Crippen LogP contribution >= 0.6 is 11.6 Å². The Bertz CT molecular complexity index is 632. The predicted molar refractivity (Wildman–Crippen MR) is 82.4 cm³/mol. The van der Waals surface area contributed by atoms with Crippen LogP contribution in [-0.4, -0.2) is 11.0 Å². The molecule has 0 aliphatic carbocycles. The average Bonchev–Trinajstić information content (AvgIpc) is 2.43. The lowest BCUT2D eigenvalue weighted by atomic mass is 10.2. The van der Waals surface area contributed by atoms with Gasteiger partial charge in [0.1, 0.15) is 16.6 Å². The summed E-state index contributed by atoms with van der Waals surface area (Å²) in [4.78, 5) is 4.19. The fourth-order valence-corrected chi connectivity index (χ4v) is 1.93. The number of pyridine rings is 1. The first-order valence-corrected chi connectivity index (χ1v) is 7.15. The van der Waals surface area contributed by atoms with Crippen LogP contribution in [0.4, 0.5) is 4.39 Å². The van der Waals surface area contributed by atoms with Gasteiger partial charge in [0, 0.05) is 24.8 Å². The molecule has 0 spiro atoms. The molecule has 0 amide bonds. The van der Waals surface area contributed by atoms with Crippen LogP contribution in [0.3, 0.4) is 0 Å². The third kappa shape index (κ3) is 4.41. The Kier molecular flexibility index (Phi) is 5.15. The minimum atomic E-state index is -0.318. The number of nitrogens with one attached hydrogen (secondary N) is 1. The first-order chi connectivity index (χ1) is 9.95. The van der Waals surface area contributed by atoms with Gasteiger partial charge in [-0.05, 0) is 30.2 Å². The van der Waals surface area contributed by atoms with Crippen molar-refractivity contribution in [2.75, 3.05) is 0 Å². The van der Waals surface area contributed by atoms with Gasteiger partial charge in [-0.15, -0.1) is 0 Å². The van der Waals surface area contributed by atoms with Gasteiger partial charge < -0.3 is 10.1 Å². The highest BCUT2D eigenvalue weighted by molar-refractivity contribution is 6.31.